The number of aromatic nitrogens is 4. The number of rotatable bonds is 24. The normalized spacial score (nSPS) is 21.8. The summed E-state index contributed by atoms with van der Waals surface area (Å²) in [6.45, 7) is 0.172. The van der Waals surface area contributed by atoms with E-state index in [-0.39, 0.29) is 60.2 Å². The number of carbonyl (C=O) groups excluding carboxylic acids is 3. The first-order valence-corrected chi connectivity index (χ1v) is 22.3. The number of thioether (sulfide) groups is 1. The Morgan fingerprint density at radius 3 is 2.34 bits per heavy atom. The van der Waals surface area contributed by atoms with Gasteiger partial charge in [0, 0.05) is 37.1 Å². The molecule has 0 radical (unpaired) electrons. The summed E-state index contributed by atoms with van der Waals surface area (Å²) in [5.74, 6) is -2.62. The van der Waals surface area contributed by atoms with Crippen LogP contribution in [0.1, 0.15) is 45.8 Å². The van der Waals surface area contributed by atoms with E-state index >= 15 is 0 Å². The number of amides is 2. The van der Waals surface area contributed by atoms with Crippen LogP contribution in [0.15, 0.2) is 12.7 Å². The van der Waals surface area contributed by atoms with Crippen molar-refractivity contribution in [3.63, 3.8) is 0 Å². The zero-order valence-corrected chi connectivity index (χ0v) is 34.1. The number of aliphatic hydroxyl groups is 3. The van der Waals surface area contributed by atoms with Crippen LogP contribution >= 0.6 is 35.2 Å². The molecule has 58 heavy (non-hydrogen) atoms. The van der Waals surface area contributed by atoms with Crippen molar-refractivity contribution in [1.82, 2.24) is 30.2 Å². The second-order valence-electron chi connectivity index (χ2n) is 13.1. The second kappa shape index (κ2) is 21.0. The number of carbonyl (C=O) groups is 4. The number of hydrogen-bond acceptors (Lipinski definition) is 20. The lowest BCUT2D eigenvalue weighted by molar-refractivity contribution is -0.139. The molecule has 0 aliphatic carbocycles. The first-order valence-electron chi connectivity index (χ1n) is 16.8. The molecule has 328 valence electrons. The number of imidazole rings is 1. The maximum atomic E-state index is 12.7. The van der Waals surface area contributed by atoms with E-state index in [0.717, 1.165) is 29.0 Å². The van der Waals surface area contributed by atoms with Crippen molar-refractivity contribution in [3.05, 3.63) is 12.7 Å². The summed E-state index contributed by atoms with van der Waals surface area (Å²) < 4.78 is 62.0. The highest BCUT2D eigenvalue weighted by Gasteiger charge is 2.50. The smallest absolute Gasteiger partial charge is 0.481 e. The third-order valence-corrected chi connectivity index (χ3v) is 11.9. The van der Waals surface area contributed by atoms with Crippen LogP contribution in [0.2, 0.25) is 0 Å². The molecule has 2 aromatic heterocycles. The maximum absolute atomic E-state index is 12.7. The fourth-order valence-corrected chi connectivity index (χ4v) is 8.48. The zero-order chi connectivity index (χ0) is 43.6. The average molecular weight is 912 g/mol. The number of carboxylic acids is 1. The molecule has 1 aliphatic rings. The van der Waals surface area contributed by atoms with E-state index in [0.29, 0.717) is 0 Å². The number of aliphatic hydroxyl groups excluding tert-OH is 3. The van der Waals surface area contributed by atoms with E-state index in [2.05, 4.69) is 34.4 Å². The first kappa shape index (κ1) is 49.4. The molecule has 1 saturated heterocycles. The lowest BCUT2D eigenvalue weighted by Crippen LogP contribution is -2.46. The van der Waals surface area contributed by atoms with Crippen molar-refractivity contribution in [3.8, 4) is 0 Å². The van der Waals surface area contributed by atoms with Crippen LogP contribution in [0, 0.1) is 5.41 Å². The third-order valence-electron chi connectivity index (χ3n) is 7.86. The molecule has 31 heteroatoms. The largest absolute Gasteiger partial charge is 0.481 e. The molecule has 1 fully saturated rings. The Labute approximate surface area is 332 Å². The number of fused-ring (bicyclic) bond motifs is 1. The van der Waals surface area contributed by atoms with Gasteiger partial charge in [0.2, 0.25) is 11.8 Å². The number of nitrogen functional groups attached to an aromatic ring is 1. The summed E-state index contributed by atoms with van der Waals surface area (Å²) in [4.78, 5) is 97.9. The molecular formula is C27H44N7O20P3S. The van der Waals surface area contributed by atoms with E-state index in [1.165, 1.54) is 13.8 Å². The highest BCUT2D eigenvalue weighted by Crippen LogP contribution is 2.61. The molecule has 0 aromatic carbocycles. The van der Waals surface area contributed by atoms with Gasteiger partial charge < -0.3 is 61.1 Å². The monoisotopic (exact) mass is 911 g/mol. The molecule has 3 unspecified atom stereocenters. The van der Waals surface area contributed by atoms with Gasteiger partial charge in [0.15, 0.2) is 22.8 Å². The van der Waals surface area contributed by atoms with Crippen molar-refractivity contribution in [2.45, 2.75) is 76.3 Å². The van der Waals surface area contributed by atoms with E-state index < -0.39 is 103 Å². The molecule has 27 nitrogen and oxygen atoms in total. The molecule has 0 bridgehead atoms. The minimum absolute atomic E-state index is 0.0164. The maximum Gasteiger partial charge on any atom is 0.481 e. The van der Waals surface area contributed by atoms with E-state index in [1.54, 1.807) is 0 Å². The number of nitrogens with two attached hydrogens (primary N) is 1. The average Bonchev–Trinajstić information content (AvgIpc) is 3.66. The second-order valence-corrected chi connectivity index (χ2v) is 18.5. The van der Waals surface area contributed by atoms with Crippen LogP contribution in [0.3, 0.4) is 0 Å². The Morgan fingerprint density at radius 2 is 1.69 bits per heavy atom. The van der Waals surface area contributed by atoms with Crippen LogP contribution in [0.4, 0.5) is 5.82 Å². The Morgan fingerprint density at radius 1 is 1.02 bits per heavy atom. The van der Waals surface area contributed by atoms with Gasteiger partial charge in [-0.05, 0) is 6.42 Å². The molecule has 8 atom stereocenters. The molecule has 3 rings (SSSR count). The number of nitrogens with zero attached hydrogens (tertiary/aromatic N) is 4. The molecule has 2 amide bonds. The molecule has 12 N–H and O–H groups in total. The molecule has 2 aromatic rings. The number of phosphoric acid groups is 3. The van der Waals surface area contributed by atoms with Gasteiger partial charge in [-0.1, -0.05) is 25.6 Å². The Balaban J connectivity index is 1.45. The summed E-state index contributed by atoms with van der Waals surface area (Å²) in [5, 5.41) is 44.0. The molecular weight excluding hydrogens is 867 g/mol. The number of nitrogens with one attached hydrogen (secondary N) is 2. The highest BCUT2D eigenvalue weighted by molar-refractivity contribution is 8.13. The minimum atomic E-state index is -5.60. The number of anilines is 1. The summed E-state index contributed by atoms with van der Waals surface area (Å²) in [5.41, 5.74) is 4.18. The minimum Gasteiger partial charge on any atom is -0.481 e. The number of carboxylic acid groups (broad SMARTS) is 1. The van der Waals surface area contributed by atoms with Crippen molar-refractivity contribution < 1.29 is 95.5 Å². The summed E-state index contributed by atoms with van der Waals surface area (Å²) in [6.07, 6.45) is -8.86. The van der Waals surface area contributed by atoms with E-state index in [1.807, 2.05) is 0 Å². The quantitative estimate of drug-likeness (QED) is 0.0412. The first-order chi connectivity index (χ1) is 26.8. The fraction of sp³-hybridized carbons (Fsp3) is 0.667. The van der Waals surface area contributed by atoms with Gasteiger partial charge in [-0.3, -0.25) is 37.3 Å². The van der Waals surface area contributed by atoms with Crippen LogP contribution in [-0.4, -0.2) is 145 Å². The third kappa shape index (κ3) is 15.5. The van der Waals surface area contributed by atoms with Gasteiger partial charge in [0.1, 0.15) is 36.3 Å². The summed E-state index contributed by atoms with van der Waals surface area (Å²) >= 11 is 0.873. The number of hydrogen-bond donors (Lipinski definition) is 11. The predicted octanol–water partition coefficient (Wildman–Crippen LogP) is -1.72. The van der Waals surface area contributed by atoms with Gasteiger partial charge in [0.25, 0.3) is 0 Å². The van der Waals surface area contributed by atoms with Crippen molar-refractivity contribution in [2.75, 3.05) is 37.8 Å². The van der Waals surface area contributed by atoms with Crippen molar-refractivity contribution >= 4 is 75.1 Å². The molecule has 0 spiro atoms. The van der Waals surface area contributed by atoms with Crippen LogP contribution in [0.5, 0.6) is 0 Å². The summed E-state index contributed by atoms with van der Waals surface area (Å²) in [6, 6.07) is 0. The van der Waals surface area contributed by atoms with E-state index in [4.69, 9.17) is 24.6 Å². The Bertz CT molecular complexity index is 1920. The molecule has 1 aliphatic heterocycles. The van der Waals surface area contributed by atoms with Crippen LogP contribution in [-0.2, 0) is 55.5 Å². The number of phosphoric ester groups is 3. The zero-order valence-electron chi connectivity index (χ0n) is 30.6. The van der Waals surface area contributed by atoms with Crippen molar-refractivity contribution in [1.29, 1.82) is 0 Å². The standard InChI is InChI=1S/C27H44N7O20P3S/c1-27(2,22(41)25(42)30-6-5-16(36)29-7-8-58-18(39)4-3-14(35)9-17(37)38)11-51-57(48,49)54-56(46,47)50-10-15-21(53-55(43,44)45)20(40)26(52-15)34-13-33-19-23(28)31-12-32-24(19)34/h12-15,20-22,26,35,40-41H,3-11H2,1-2H3,(H,29,36)(H,30,42)(H,37,38)(H,46,47)(H,48,49)(H2,28,31,32)(H2,43,44,45)/t14?,15-,20-,21-,22+,26-/m1/s1. The van der Waals surface area contributed by atoms with Gasteiger partial charge in [0.05, 0.1) is 32.1 Å². The topological polar surface area (TPSA) is 421 Å². The SMILES string of the molecule is CC(C)(COP(=O)(O)OP(=O)(O)OC[C@H]1O[C@@H](n2cnc3c(N)ncnc32)[C@H](O)[C@@H]1OP(=O)(O)O)[C@@H](O)C(=O)NCCC(=O)NCCSC(=O)CCC(O)CC(=O)O. The summed E-state index contributed by atoms with van der Waals surface area (Å²) in [7, 11) is -16.5. The van der Waals surface area contributed by atoms with Gasteiger partial charge >= 0.3 is 29.4 Å². The molecule has 0 saturated carbocycles. The van der Waals surface area contributed by atoms with E-state index in [9.17, 15) is 67.8 Å². The van der Waals surface area contributed by atoms with Crippen LogP contribution < -0.4 is 16.4 Å². The Hall–Kier alpha value is -3.01. The van der Waals surface area contributed by atoms with Gasteiger partial charge in [-0.25, -0.2) is 28.6 Å². The Kier molecular flexibility index (Phi) is 17.9. The molecule has 3 heterocycles. The lowest BCUT2D eigenvalue weighted by Gasteiger charge is -2.30. The number of aliphatic carboxylic acids is 1. The number of ether oxygens (including phenoxy) is 1. The predicted molar refractivity (Wildman–Crippen MR) is 195 cm³/mol. The van der Waals surface area contributed by atoms with Gasteiger partial charge in [-0.2, -0.15) is 4.31 Å². The lowest BCUT2D eigenvalue weighted by atomic mass is 9.87. The highest BCUT2D eigenvalue weighted by atomic mass is 32.2. The van der Waals surface area contributed by atoms with Crippen molar-refractivity contribution in [2.24, 2.45) is 5.41 Å². The van der Waals surface area contributed by atoms with Gasteiger partial charge in [-0.15, -0.1) is 0 Å². The fourth-order valence-electron chi connectivity index (χ4n) is 4.96. The van der Waals surface area contributed by atoms with Crippen LogP contribution in [0.25, 0.3) is 11.2 Å².